The van der Waals surface area contributed by atoms with Gasteiger partial charge < -0.3 is 4.74 Å². The number of alkyl halides is 2. The zero-order valence-electron chi connectivity index (χ0n) is 13.2. The molecule has 21 heavy (non-hydrogen) atoms. The van der Waals surface area contributed by atoms with E-state index in [0.717, 1.165) is 23.3 Å². The summed E-state index contributed by atoms with van der Waals surface area (Å²) in [5.41, 5.74) is 0.884. The van der Waals surface area contributed by atoms with Crippen molar-refractivity contribution in [3.8, 4) is 5.75 Å². The molecule has 0 fully saturated rings. The van der Waals surface area contributed by atoms with E-state index in [2.05, 4.69) is 18.6 Å². The van der Waals surface area contributed by atoms with Crippen LogP contribution in [0, 0.1) is 0 Å². The van der Waals surface area contributed by atoms with Crippen LogP contribution in [0.25, 0.3) is 0 Å². The summed E-state index contributed by atoms with van der Waals surface area (Å²) in [4.78, 5) is 1.16. The number of ether oxygens (including phenoxy) is 1. The fourth-order valence-corrected chi connectivity index (χ4v) is 3.85. The second-order valence-electron chi connectivity index (χ2n) is 5.22. The van der Waals surface area contributed by atoms with Crippen molar-refractivity contribution in [2.75, 3.05) is 0 Å². The molecule has 0 aliphatic rings. The van der Waals surface area contributed by atoms with Crippen molar-refractivity contribution in [3.63, 3.8) is 0 Å². The number of aryl methyl sites for hydroxylation is 1. The van der Waals surface area contributed by atoms with Crippen molar-refractivity contribution in [3.05, 3.63) is 23.8 Å². The molecule has 0 aliphatic carbocycles. The van der Waals surface area contributed by atoms with Gasteiger partial charge in [0.15, 0.2) is 0 Å². The Bertz CT molecular complexity index is 404. The van der Waals surface area contributed by atoms with E-state index in [1.165, 1.54) is 25.7 Å². The second-order valence-corrected chi connectivity index (χ2v) is 6.59. The van der Waals surface area contributed by atoms with Crippen LogP contribution in [0.3, 0.4) is 0 Å². The van der Waals surface area contributed by atoms with Gasteiger partial charge in [0.2, 0.25) is 0 Å². The average Bonchev–Trinajstić information content (AvgIpc) is 2.42. The molecule has 0 saturated carbocycles. The minimum Gasteiger partial charge on any atom is -0.435 e. The Morgan fingerprint density at radius 1 is 1.05 bits per heavy atom. The average molecular weight is 316 g/mol. The third kappa shape index (κ3) is 6.68. The van der Waals surface area contributed by atoms with Crippen LogP contribution in [0.5, 0.6) is 5.75 Å². The number of thioether (sulfide) groups is 1. The van der Waals surface area contributed by atoms with Gasteiger partial charge in [-0.15, -0.1) is 11.8 Å². The molecule has 0 N–H and O–H groups in total. The minimum absolute atomic E-state index is 0.318. The molecule has 1 aromatic rings. The van der Waals surface area contributed by atoms with Gasteiger partial charge in [-0.05, 0) is 43.0 Å². The molecule has 120 valence electrons. The molecule has 4 heteroatoms. The SMILES string of the molecule is CCCc1cc(SC(CCC)CCC)ccc1OC(F)F. The topological polar surface area (TPSA) is 9.23 Å². The second kappa shape index (κ2) is 10.0. The molecular weight excluding hydrogens is 290 g/mol. The Morgan fingerprint density at radius 3 is 2.24 bits per heavy atom. The van der Waals surface area contributed by atoms with Gasteiger partial charge in [0, 0.05) is 10.1 Å². The third-order valence-electron chi connectivity index (χ3n) is 3.29. The fraction of sp³-hybridized carbons (Fsp3) is 0.647. The zero-order valence-corrected chi connectivity index (χ0v) is 14.0. The minimum atomic E-state index is -2.76. The summed E-state index contributed by atoms with van der Waals surface area (Å²) in [5.74, 6) is 0.318. The Morgan fingerprint density at radius 2 is 1.71 bits per heavy atom. The van der Waals surface area contributed by atoms with Gasteiger partial charge in [0.25, 0.3) is 0 Å². The maximum atomic E-state index is 12.4. The Kier molecular flexibility index (Phi) is 8.74. The summed E-state index contributed by atoms with van der Waals surface area (Å²) in [7, 11) is 0. The molecule has 1 nitrogen and oxygen atoms in total. The highest BCUT2D eigenvalue weighted by atomic mass is 32.2. The molecule has 0 aliphatic heterocycles. The summed E-state index contributed by atoms with van der Waals surface area (Å²) in [6.07, 6.45) is 6.41. The van der Waals surface area contributed by atoms with Crippen molar-refractivity contribution in [1.82, 2.24) is 0 Å². The molecular formula is C17H26F2OS. The summed E-state index contributed by atoms with van der Waals surface area (Å²) in [5, 5.41) is 0.608. The number of rotatable bonds is 10. The highest BCUT2D eigenvalue weighted by Gasteiger charge is 2.13. The summed E-state index contributed by atoms with van der Waals surface area (Å²) in [6, 6.07) is 5.61. The van der Waals surface area contributed by atoms with Crippen LogP contribution in [-0.4, -0.2) is 11.9 Å². The lowest BCUT2D eigenvalue weighted by atomic mass is 10.1. The van der Waals surface area contributed by atoms with E-state index in [1.54, 1.807) is 6.07 Å². The number of halogens is 2. The Balaban J connectivity index is 2.85. The van der Waals surface area contributed by atoms with E-state index in [4.69, 9.17) is 0 Å². The molecule has 0 heterocycles. The molecule has 0 bridgehead atoms. The van der Waals surface area contributed by atoms with Crippen LogP contribution in [0.4, 0.5) is 8.78 Å². The van der Waals surface area contributed by atoms with Crippen LogP contribution in [0.2, 0.25) is 0 Å². The molecule has 0 saturated heterocycles. The van der Waals surface area contributed by atoms with Crippen LogP contribution < -0.4 is 4.74 Å². The van der Waals surface area contributed by atoms with E-state index in [1.807, 2.05) is 30.8 Å². The highest BCUT2D eigenvalue weighted by Crippen LogP contribution is 2.33. The summed E-state index contributed by atoms with van der Waals surface area (Å²) in [6.45, 7) is 3.69. The van der Waals surface area contributed by atoms with Gasteiger partial charge in [-0.2, -0.15) is 8.78 Å². The third-order valence-corrected chi connectivity index (χ3v) is 4.62. The van der Waals surface area contributed by atoms with Crippen molar-refractivity contribution in [2.24, 2.45) is 0 Å². The lowest BCUT2D eigenvalue weighted by molar-refractivity contribution is -0.0504. The van der Waals surface area contributed by atoms with E-state index in [9.17, 15) is 8.78 Å². The summed E-state index contributed by atoms with van der Waals surface area (Å²) < 4.78 is 29.5. The highest BCUT2D eigenvalue weighted by molar-refractivity contribution is 8.00. The zero-order chi connectivity index (χ0) is 15.7. The maximum absolute atomic E-state index is 12.4. The Labute approximate surface area is 131 Å². The maximum Gasteiger partial charge on any atom is 0.387 e. The van der Waals surface area contributed by atoms with Gasteiger partial charge in [0.05, 0.1) is 0 Å². The van der Waals surface area contributed by atoms with Gasteiger partial charge >= 0.3 is 6.61 Å². The Hall–Kier alpha value is -0.770. The molecule has 0 radical (unpaired) electrons. The van der Waals surface area contributed by atoms with Gasteiger partial charge in [-0.25, -0.2) is 0 Å². The normalized spacial score (nSPS) is 11.4. The predicted molar refractivity (Wildman–Crippen MR) is 86.5 cm³/mol. The molecule has 1 rings (SSSR count). The monoisotopic (exact) mass is 316 g/mol. The first-order chi connectivity index (χ1) is 10.1. The smallest absolute Gasteiger partial charge is 0.387 e. The van der Waals surface area contributed by atoms with Crippen molar-refractivity contribution >= 4 is 11.8 Å². The first-order valence-corrected chi connectivity index (χ1v) is 8.73. The molecule has 0 aromatic heterocycles. The first-order valence-electron chi connectivity index (χ1n) is 7.85. The van der Waals surface area contributed by atoms with E-state index in [0.29, 0.717) is 11.0 Å². The van der Waals surface area contributed by atoms with Crippen molar-refractivity contribution in [2.45, 2.75) is 76.1 Å². The molecule has 0 atom stereocenters. The van der Waals surface area contributed by atoms with E-state index >= 15 is 0 Å². The molecule has 1 aromatic carbocycles. The van der Waals surface area contributed by atoms with Crippen molar-refractivity contribution in [1.29, 1.82) is 0 Å². The van der Waals surface area contributed by atoms with Crippen LogP contribution in [0.1, 0.15) is 58.4 Å². The van der Waals surface area contributed by atoms with E-state index < -0.39 is 6.61 Å². The number of hydrogen-bond acceptors (Lipinski definition) is 2. The predicted octanol–water partition coefficient (Wildman–Crippen LogP) is 6.30. The van der Waals surface area contributed by atoms with Gasteiger partial charge in [-0.1, -0.05) is 40.0 Å². The van der Waals surface area contributed by atoms with Gasteiger partial charge in [-0.3, -0.25) is 0 Å². The van der Waals surface area contributed by atoms with Crippen LogP contribution >= 0.6 is 11.8 Å². The first kappa shape index (κ1) is 18.3. The van der Waals surface area contributed by atoms with Crippen LogP contribution in [0.15, 0.2) is 23.1 Å². The molecule has 0 spiro atoms. The summed E-state index contributed by atoms with van der Waals surface area (Å²) >= 11 is 1.86. The van der Waals surface area contributed by atoms with E-state index in [-0.39, 0.29) is 0 Å². The lowest BCUT2D eigenvalue weighted by Gasteiger charge is -2.17. The van der Waals surface area contributed by atoms with Crippen LogP contribution in [-0.2, 0) is 6.42 Å². The quantitative estimate of drug-likeness (QED) is 0.468. The molecule has 0 amide bonds. The largest absolute Gasteiger partial charge is 0.435 e. The standard InChI is InChI=1S/C17H26F2OS/c1-4-7-13-12-15(10-11-16(13)20-17(18)19)21-14(8-5-2)9-6-3/h10-12,14,17H,4-9H2,1-3H3. The van der Waals surface area contributed by atoms with Crippen molar-refractivity contribution < 1.29 is 13.5 Å². The lowest BCUT2D eigenvalue weighted by Crippen LogP contribution is -2.05. The fourth-order valence-electron chi connectivity index (χ4n) is 2.40. The number of benzene rings is 1. The number of hydrogen-bond donors (Lipinski definition) is 0. The van der Waals surface area contributed by atoms with Gasteiger partial charge in [0.1, 0.15) is 5.75 Å². The molecule has 0 unspecified atom stereocenters.